The lowest BCUT2D eigenvalue weighted by Crippen LogP contribution is -2.54. The topological polar surface area (TPSA) is 58.4 Å². The third-order valence-electron chi connectivity index (χ3n) is 4.00. The van der Waals surface area contributed by atoms with Crippen molar-refractivity contribution < 1.29 is 4.79 Å². The molecule has 106 valence electrons. The summed E-state index contributed by atoms with van der Waals surface area (Å²) >= 11 is 0. The second-order valence-corrected chi connectivity index (χ2v) is 6.07. The highest BCUT2D eigenvalue weighted by Crippen LogP contribution is 2.17. The maximum atomic E-state index is 12.0. The molecule has 18 heavy (non-hydrogen) atoms. The molecule has 0 saturated carbocycles. The van der Waals surface area contributed by atoms with Gasteiger partial charge in [0.1, 0.15) is 0 Å². The van der Waals surface area contributed by atoms with Gasteiger partial charge in [-0.25, -0.2) is 0 Å². The van der Waals surface area contributed by atoms with Crippen molar-refractivity contribution in [2.24, 2.45) is 17.6 Å². The summed E-state index contributed by atoms with van der Waals surface area (Å²) in [4.78, 5) is 14.2. The van der Waals surface area contributed by atoms with Crippen molar-refractivity contribution in [2.45, 2.75) is 52.6 Å². The van der Waals surface area contributed by atoms with E-state index in [0.717, 1.165) is 32.5 Å². The Labute approximate surface area is 111 Å². The molecule has 1 rings (SSSR count). The van der Waals surface area contributed by atoms with Gasteiger partial charge in [0.2, 0.25) is 5.91 Å². The lowest BCUT2D eigenvalue weighted by molar-refractivity contribution is -0.126. The van der Waals surface area contributed by atoms with Crippen molar-refractivity contribution in [1.82, 2.24) is 10.2 Å². The number of hydrogen-bond donors (Lipinski definition) is 2. The number of amides is 1. The molecule has 0 aromatic heterocycles. The standard InChI is InChI=1S/C14H29N3O/c1-10(2)5-7-16-14(18)12(4)17-8-6-11(3)13(15)9-17/h10-13H,5-9,15H2,1-4H3,(H,16,18). The fourth-order valence-electron chi connectivity index (χ4n) is 2.27. The molecule has 3 N–H and O–H groups in total. The van der Waals surface area contributed by atoms with Gasteiger partial charge in [0, 0.05) is 19.1 Å². The first-order chi connectivity index (χ1) is 8.41. The molecule has 1 heterocycles. The predicted octanol–water partition coefficient (Wildman–Crippen LogP) is 1.21. The Kier molecular flexibility index (Phi) is 6.09. The highest BCUT2D eigenvalue weighted by Gasteiger charge is 2.29. The van der Waals surface area contributed by atoms with E-state index in [0.29, 0.717) is 11.8 Å². The van der Waals surface area contributed by atoms with Crippen LogP contribution in [-0.4, -0.2) is 42.5 Å². The number of nitrogens with two attached hydrogens (primary N) is 1. The normalized spacial score (nSPS) is 27.2. The average Bonchev–Trinajstić information content (AvgIpc) is 2.31. The molecule has 1 saturated heterocycles. The highest BCUT2D eigenvalue weighted by atomic mass is 16.2. The van der Waals surface area contributed by atoms with Gasteiger partial charge in [-0.3, -0.25) is 9.69 Å². The molecule has 1 amide bonds. The number of nitrogens with one attached hydrogen (secondary N) is 1. The molecule has 0 bridgehead atoms. The highest BCUT2D eigenvalue weighted by molar-refractivity contribution is 5.81. The van der Waals surface area contributed by atoms with Crippen molar-refractivity contribution in [3.63, 3.8) is 0 Å². The number of hydrogen-bond acceptors (Lipinski definition) is 3. The number of likely N-dealkylation sites (tertiary alicyclic amines) is 1. The maximum absolute atomic E-state index is 12.0. The van der Waals surface area contributed by atoms with Crippen LogP contribution >= 0.6 is 0 Å². The van der Waals surface area contributed by atoms with Gasteiger partial charge in [-0.1, -0.05) is 20.8 Å². The number of rotatable bonds is 5. The zero-order chi connectivity index (χ0) is 13.7. The molecule has 1 fully saturated rings. The minimum Gasteiger partial charge on any atom is -0.355 e. The molecule has 0 aromatic carbocycles. The Morgan fingerprint density at radius 2 is 2.11 bits per heavy atom. The van der Waals surface area contributed by atoms with E-state index in [9.17, 15) is 4.79 Å². The molecule has 0 spiro atoms. The van der Waals surface area contributed by atoms with Gasteiger partial charge in [0.05, 0.1) is 6.04 Å². The summed E-state index contributed by atoms with van der Waals surface area (Å²) in [6.07, 6.45) is 2.12. The second-order valence-electron chi connectivity index (χ2n) is 6.07. The van der Waals surface area contributed by atoms with Crippen LogP contribution in [-0.2, 0) is 4.79 Å². The summed E-state index contributed by atoms with van der Waals surface area (Å²) in [7, 11) is 0. The van der Waals surface area contributed by atoms with Gasteiger partial charge in [-0.15, -0.1) is 0 Å². The van der Waals surface area contributed by atoms with Crippen LogP contribution in [0, 0.1) is 11.8 Å². The van der Waals surface area contributed by atoms with E-state index in [2.05, 4.69) is 31.0 Å². The van der Waals surface area contributed by atoms with Crippen LogP contribution in [0.3, 0.4) is 0 Å². The predicted molar refractivity (Wildman–Crippen MR) is 75.3 cm³/mol. The van der Waals surface area contributed by atoms with Crippen LogP contribution in [0.4, 0.5) is 0 Å². The van der Waals surface area contributed by atoms with Crippen LogP contribution in [0.1, 0.15) is 40.5 Å². The zero-order valence-electron chi connectivity index (χ0n) is 12.3. The van der Waals surface area contributed by atoms with E-state index in [4.69, 9.17) is 5.73 Å². The van der Waals surface area contributed by atoms with Gasteiger partial charge in [0.15, 0.2) is 0 Å². The van der Waals surface area contributed by atoms with E-state index < -0.39 is 0 Å². The Hall–Kier alpha value is -0.610. The average molecular weight is 255 g/mol. The summed E-state index contributed by atoms with van der Waals surface area (Å²) < 4.78 is 0. The molecule has 0 aromatic rings. The summed E-state index contributed by atoms with van der Waals surface area (Å²) in [5, 5.41) is 3.02. The molecule has 4 heteroatoms. The Balaban J connectivity index is 2.34. The van der Waals surface area contributed by atoms with E-state index in [1.54, 1.807) is 0 Å². The van der Waals surface area contributed by atoms with Crippen molar-refractivity contribution in [1.29, 1.82) is 0 Å². The number of nitrogens with zero attached hydrogens (tertiary/aromatic N) is 1. The maximum Gasteiger partial charge on any atom is 0.237 e. The molecule has 1 aliphatic heterocycles. The van der Waals surface area contributed by atoms with Gasteiger partial charge in [0.25, 0.3) is 0 Å². The van der Waals surface area contributed by atoms with Gasteiger partial charge < -0.3 is 11.1 Å². The number of piperidine rings is 1. The minimum absolute atomic E-state index is 0.0595. The first kappa shape index (κ1) is 15.4. The fraction of sp³-hybridized carbons (Fsp3) is 0.929. The summed E-state index contributed by atoms with van der Waals surface area (Å²) in [6.45, 7) is 11.1. The Bertz CT molecular complexity index is 268. The molecule has 0 aliphatic carbocycles. The van der Waals surface area contributed by atoms with Gasteiger partial charge >= 0.3 is 0 Å². The summed E-state index contributed by atoms with van der Waals surface area (Å²) in [6, 6.07) is 0.139. The van der Waals surface area contributed by atoms with E-state index >= 15 is 0 Å². The van der Waals surface area contributed by atoms with Crippen molar-refractivity contribution in [3.8, 4) is 0 Å². The first-order valence-electron chi connectivity index (χ1n) is 7.19. The third-order valence-corrected chi connectivity index (χ3v) is 4.00. The van der Waals surface area contributed by atoms with Crippen molar-refractivity contribution >= 4 is 5.91 Å². The smallest absolute Gasteiger partial charge is 0.237 e. The van der Waals surface area contributed by atoms with Crippen LogP contribution < -0.4 is 11.1 Å². The largest absolute Gasteiger partial charge is 0.355 e. The molecule has 1 aliphatic rings. The van der Waals surface area contributed by atoms with Crippen LogP contribution in [0.15, 0.2) is 0 Å². The second kappa shape index (κ2) is 7.10. The first-order valence-corrected chi connectivity index (χ1v) is 7.19. The monoisotopic (exact) mass is 255 g/mol. The molecule has 3 atom stereocenters. The SMILES string of the molecule is CC(C)CCNC(=O)C(C)N1CCC(C)C(N)C1. The lowest BCUT2D eigenvalue weighted by atomic mass is 9.93. The molecule has 3 unspecified atom stereocenters. The van der Waals surface area contributed by atoms with Crippen LogP contribution in [0.5, 0.6) is 0 Å². The third kappa shape index (κ3) is 4.58. The fourth-order valence-corrected chi connectivity index (χ4v) is 2.27. The summed E-state index contributed by atoms with van der Waals surface area (Å²) in [5.74, 6) is 1.33. The number of carbonyl (C=O) groups excluding carboxylic acids is 1. The van der Waals surface area contributed by atoms with Crippen LogP contribution in [0.25, 0.3) is 0 Å². The Morgan fingerprint density at radius 1 is 1.44 bits per heavy atom. The minimum atomic E-state index is -0.0595. The van der Waals surface area contributed by atoms with Crippen LogP contribution in [0.2, 0.25) is 0 Å². The molecular formula is C14H29N3O. The molecular weight excluding hydrogens is 226 g/mol. The summed E-state index contributed by atoms with van der Waals surface area (Å²) in [5.41, 5.74) is 6.07. The molecule has 4 nitrogen and oxygen atoms in total. The van der Waals surface area contributed by atoms with Gasteiger partial charge in [-0.2, -0.15) is 0 Å². The zero-order valence-corrected chi connectivity index (χ0v) is 12.3. The van der Waals surface area contributed by atoms with E-state index in [1.165, 1.54) is 0 Å². The van der Waals surface area contributed by atoms with Crippen molar-refractivity contribution in [2.75, 3.05) is 19.6 Å². The Morgan fingerprint density at radius 3 is 2.67 bits per heavy atom. The quantitative estimate of drug-likeness (QED) is 0.776. The van der Waals surface area contributed by atoms with Gasteiger partial charge in [-0.05, 0) is 38.1 Å². The van der Waals surface area contributed by atoms with Crippen molar-refractivity contribution in [3.05, 3.63) is 0 Å². The van der Waals surface area contributed by atoms with E-state index in [1.807, 2.05) is 6.92 Å². The molecule has 0 radical (unpaired) electrons. The van der Waals surface area contributed by atoms with E-state index in [-0.39, 0.29) is 18.0 Å². The lowest BCUT2D eigenvalue weighted by Gasteiger charge is -2.38. The number of carbonyl (C=O) groups is 1.